The van der Waals surface area contributed by atoms with Crippen molar-refractivity contribution in [1.29, 1.82) is 0 Å². The monoisotopic (exact) mass is 341 g/mol. The largest absolute Gasteiger partial charge is 0.496 e. The van der Waals surface area contributed by atoms with Crippen LogP contribution in [0.2, 0.25) is 0 Å². The molecule has 6 heteroatoms. The van der Waals surface area contributed by atoms with Crippen LogP contribution in [0.5, 0.6) is 5.75 Å². The van der Waals surface area contributed by atoms with E-state index in [9.17, 15) is 9.59 Å². The van der Waals surface area contributed by atoms with Gasteiger partial charge in [0.2, 0.25) is 5.91 Å². The van der Waals surface area contributed by atoms with Crippen molar-refractivity contribution in [2.75, 3.05) is 20.8 Å². The fourth-order valence-corrected chi connectivity index (χ4v) is 2.73. The van der Waals surface area contributed by atoms with E-state index in [0.29, 0.717) is 13.1 Å². The SMILES string of the molecule is COC(=O)C1CC(=O)N(Cc2cc(Br)ccc2OC)C1. The van der Waals surface area contributed by atoms with E-state index in [2.05, 4.69) is 15.9 Å². The molecule has 0 spiro atoms. The Hall–Kier alpha value is -1.56. The molecule has 2 rings (SSSR count). The van der Waals surface area contributed by atoms with Crippen LogP contribution in [0.25, 0.3) is 0 Å². The maximum absolute atomic E-state index is 12.0. The third kappa shape index (κ3) is 3.12. The van der Waals surface area contributed by atoms with Crippen LogP contribution in [-0.4, -0.2) is 37.5 Å². The second-order valence-electron chi connectivity index (χ2n) is 4.65. The van der Waals surface area contributed by atoms with Crippen molar-refractivity contribution in [3.63, 3.8) is 0 Å². The Balaban J connectivity index is 2.12. The number of likely N-dealkylation sites (tertiary alicyclic amines) is 1. The zero-order valence-electron chi connectivity index (χ0n) is 11.4. The molecule has 1 heterocycles. The summed E-state index contributed by atoms with van der Waals surface area (Å²) in [7, 11) is 2.93. The molecule has 1 amide bonds. The van der Waals surface area contributed by atoms with Gasteiger partial charge in [0.25, 0.3) is 0 Å². The minimum absolute atomic E-state index is 0.0394. The van der Waals surface area contributed by atoms with Crippen molar-refractivity contribution in [3.05, 3.63) is 28.2 Å². The number of hydrogen-bond donors (Lipinski definition) is 0. The molecule has 1 fully saturated rings. The van der Waals surface area contributed by atoms with Crippen LogP contribution in [-0.2, 0) is 20.9 Å². The highest BCUT2D eigenvalue weighted by molar-refractivity contribution is 9.10. The molecule has 0 saturated carbocycles. The summed E-state index contributed by atoms with van der Waals surface area (Å²) in [6.45, 7) is 0.816. The Morgan fingerprint density at radius 1 is 1.45 bits per heavy atom. The third-order valence-corrected chi connectivity index (χ3v) is 3.85. The zero-order valence-corrected chi connectivity index (χ0v) is 13.0. The number of hydrogen-bond acceptors (Lipinski definition) is 4. The van der Waals surface area contributed by atoms with Gasteiger partial charge in [0.1, 0.15) is 5.75 Å². The number of carbonyl (C=O) groups excluding carboxylic acids is 2. The molecule has 0 N–H and O–H groups in total. The highest BCUT2D eigenvalue weighted by Crippen LogP contribution is 2.27. The first kappa shape index (κ1) is 14.8. The van der Waals surface area contributed by atoms with Gasteiger partial charge in [-0.3, -0.25) is 9.59 Å². The van der Waals surface area contributed by atoms with Gasteiger partial charge in [0.05, 0.1) is 20.1 Å². The lowest BCUT2D eigenvalue weighted by Gasteiger charge is -2.18. The van der Waals surface area contributed by atoms with Gasteiger partial charge in [-0.25, -0.2) is 0 Å². The van der Waals surface area contributed by atoms with Crippen molar-refractivity contribution >= 4 is 27.8 Å². The van der Waals surface area contributed by atoms with Crippen LogP contribution < -0.4 is 4.74 Å². The molecule has 1 unspecified atom stereocenters. The standard InChI is InChI=1S/C14H16BrNO4/c1-19-12-4-3-11(15)5-9(12)7-16-8-10(6-13(16)17)14(18)20-2/h3-5,10H,6-8H2,1-2H3. The average Bonchev–Trinajstić information content (AvgIpc) is 2.79. The fourth-order valence-electron chi connectivity index (χ4n) is 2.33. The molecule has 1 aromatic rings. The van der Waals surface area contributed by atoms with Gasteiger partial charge in [-0.05, 0) is 18.2 Å². The lowest BCUT2D eigenvalue weighted by Crippen LogP contribution is -2.26. The summed E-state index contributed by atoms with van der Waals surface area (Å²) in [6.07, 6.45) is 0.211. The molecular weight excluding hydrogens is 326 g/mol. The average molecular weight is 342 g/mol. The van der Waals surface area contributed by atoms with Crippen molar-refractivity contribution in [2.24, 2.45) is 5.92 Å². The van der Waals surface area contributed by atoms with E-state index in [1.807, 2.05) is 18.2 Å². The first-order chi connectivity index (χ1) is 9.55. The summed E-state index contributed by atoms with van der Waals surface area (Å²) >= 11 is 3.40. The Morgan fingerprint density at radius 2 is 2.20 bits per heavy atom. The van der Waals surface area contributed by atoms with Gasteiger partial charge in [0, 0.05) is 29.5 Å². The highest BCUT2D eigenvalue weighted by Gasteiger charge is 2.35. The van der Waals surface area contributed by atoms with Gasteiger partial charge in [-0.1, -0.05) is 15.9 Å². The highest BCUT2D eigenvalue weighted by atomic mass is 79.9. The molecule has 1 saturated heterocycles. The lowest BCUT2D eigenvalue weighted by atomic mass is 10.1. The normalized spacial score (nSPS) is 18.2. The van der Waals surface area contributed by atoms with Crippen molar-refractivity contribution in [2.45, 2.75) is 13.0 Å². The molecule has 108 valence electrons. The van der Waals surface area contributed by atoms with E-state index in [1.165, 1.54) is 7.11 Å². The molecule has 0 aliphatic carbocycles. The lowest BCUT2D eigenvalue weighted by molar-refractivity contribution is -0.145. The minimum Gasteiger partial charge on any atom is -0.496 e. The zero-order chi connectivity index (χ0) is 14.7. The summed E-state index contributed by atoms with van der Waals surface area (Å²) in [4.78, 5) is 25.1. The van der Waals surface area contributed by atoms with Gasteiger partial charge in [-0.2, -0.15) is 0 Å². The molecule has 5 nitrogen and oxygen atoms in total. The van der Waals surface area contributed by atoms with Gasteiger partial charge in [0.15, 0.2) is 0 Å². The first-order valence-electron chi connectivity index (χ1n) is 6.23. The summed E-state index contributed by atoms with van der Waals surface area (Å²) in [5.74, 6) is -0.0161. The fraction of sp³-hybridized carbons (Fsp3) is 0.429. The van der Waals surface area contributed by atoms with Crippen molar-refractivity contribution < 1.29 is 19.1 Å². The molecule has 0 aromatic heterocycles. The molecular formula is C14H16BrNO4. The Kier molecular flexibility index (Phi) is 4.65. The molecule has 1 aliphatic heterocycles. The van der Waals surface area contributed by atoms with Crippen LogP contribution in [0.3, 0.4) is 0 Å². The van der Waals surface area contributed by atoms with Crippen LogP contribution in [0.15, 0.2) is 22.7 Å². The van der Waals surface area contributed by atoms with Crippen LogP contribution in [0.1, 0.15) is 12.0 Å². The summed E-state index contributed by atoms with van der Waals surface area (Å²) in [5, 5.41) is 0. The van der Waals surface area contributed by atoms with Crippen molar-refractivity contribution in [3.8, 4) is 5.75 Å². The summed E-state index contributed by atoms with van der Waals surface area (Å²) in [5.41, 5.74) is 0.903. The second-order valence-corrected chi connectivity index (χ2v) is 5.57. The van der Waals surface area contributed by atoms with Crippen LogP contribution in [0.4, 0.5) is 0 Å². The molecule has 20 heavy (non-hydrogen) atoms. The predicted octanol–water partition coefficient (Wildman–Crippen LogP) is 1.98. The Bertz CT molecular complexity index is 532. The number of esters is 1. The van der Waals surface area contributed by atoms with E-state index in [4.69, 9.17) is 9.47 Å². The number of carbonyl (C=O) groups is 2. The number of halogens is 1. The van der Waals surface area contributed by atoms with Crippen LogP contribution >= 0.6 is 15.9 Å². The van der Waals surface area contributed by atoms with Crippen molar-refractivity contribution in [1.82, 2.24) is 4.90 Å². The maximum Gasteiger partial charge on any atom is 0.310 e. The van der Waals surface area contributed by atoms with E-state index >= 15 is 0 Å². The van der Waals surface area contributed by atoms with E-state index in [-0.39, 0.29) is 24.2 Å². The smallest absolute Gasteiger partial charge is 0.310 e. The van der Waals surface area contributed by atoms with E-state index < -0.39 is 0 Å². The summed E-state index contributed by atoms with van der Waals surface area (Å²) in [6, 6.07) is 5.64. The number of methoxy groups -OCH3 is 2. The summed E-state index contributed by atoms with van der Waals surface area (Å²) < 4.78 is 10.9. The molecule has 1 aliphatic rings. The maximum atomic E-state index is 12.0. The van der Waals surface area contributed by atoms with Gasteiger partial charge >= 0.3 is 5.97 Å². The van der Waals surface area contributed by atoms with Crippen LogP contribution in [0, 0.1) is 5.92 Å². The number of rotatable bonds is 4. The number of ether oxygens (including phenoxy) is 2. The van der Waals surface area contributed by atoms with Gasteiger partial charge < -0.3 is 14.4 Å². The molecule has 0 bridgehead atoms. The van der Waals surface area contributed by atoms with E-state index in [1.54, 1.807) is 12.0 Å². The third-order valence-electron chi connectivity index (χ3n) is 3.35. The number of benzene rings is 1. The second kappa shape index (κ2) is 6.26. The first-order valence-corrected chi connectivity index (χ1v) is 7.02. The van der Waals surface area contributed by atoms with E-state index in [0.717, 1.165) is 15.8 Å². The molecule has 1 aromatic carbocycles. The van der Waals surface area contributed by atoms with Gasteiger partial charge in [-0.15, -0.1) is 0 Å². The molecule has 1 atom stereocenters. The number of amides is 1. The minimum atomic E-state index is -0.370. The Labute approximate surface area is 126 Å². The quantitative estimate of drug-likeness (QED) is 0.786. The predicted molar refractivity (Wildman–Crippen MR) is 76.2 cm³/mol. The topological polar surface area (TPSA) is 55.8 Å². The molecule has 0 radical (unpaired) electrons. The number of nitrogens with zero attached hydrogens (tertiary/aromatic N) is 1. The Morgan fingerprint density at radius 3 is 2.85 bits per heavy atom.